The molecule has 1 aromatic heterocycles. The first-order valence-electron chi connectivity index (χ1n) is 12.8. The largest absolute Gasteiger partial charge is 0.488 e. The van der Waals surface area contributed by atoms with E-state index in [1.807, 2.05) is 61.5 Å². The molecule has 196 valence electrons. The van der Waals surface area contributed by atoms with Crippen molar-refractivity contribution in [1.29, 1.82) is 0 Å². The quantitative estimate of drug-likeness (QED) is 0.228. The Morgan fingerprint density at radius 3 is 2.58 bits per heavy atom. The monoisotopic (exact) mass is 548 g/mol. The smallest absolute Gasteiger partial charge is 0.282 e. The van der Waals surface area contributed by atoms with Crippen molar-refractivity contribution in [3.63, 3.8) is 0 Å². The topological polar surface area (TPSA) is 59.7 Å². The molecule has 1 aliphatic carbocycles. The third-order valence-corrected chi connectivity index (χ3v) is 7.69. The third-order valence-electron chi connectivity index (χ3n) is 6.95. The zero-order chi connectivity index (χ0) is 26.6. The molecule has 0 unspecified atom stereocenters. The van der Waals surface area contributed by atoms with Crippen molar-refractivity contribution in [2.75, 3.05) is 19.0 Å². The Hall–Kier alpha value is -3.35. The first kappa shape index (κ1) is 26.3. The molecule has 0 N–H and O–H groups in total. The second kappa shape index (κ2) is 11.6. The van der Waals surface area contributed by atoms with Crippen LogP contribution in [0.5, 0.6) is 5.75 Å². The summed E-state index contributed by atoms with van der Waals surface area (Å²) in [7, 11) is 3.95. The number of ether oxygens (including phenoxy) is 1. The molecule has 8 heteroatoms. The Labute approximate surface area is 232 Å². The number of fused-ring (bicyclic) bond motifs is 1. The second-order valence-corrected chi connectivity index (χ2v) is 10.7. The van der Waals surface area contributed by atoms with Gasteiger partial charge in [0.05, 0.1) is 27.2 Å². The van der Waals surface area contributed by atoms with Crippen LogP contribution in [0.15, 0.2) is 70.6 Å². The first-order chi connectivity index (χ1) is 18.4. The summed E-state index contributed by atoms with van der Waals surface area (Å²) < 4.78 is 7.71. The molecule has 6 nitrogen and oxygen atoms in total. The molecule has 0 saturated heterocycles. The minimum absolute atomic E-state index is 0.157. The van der Waals surface area contributed by atoms with Crippen molar-refractivity contribution in [2.24, 2.45) is 5.10 Å². The van der Waals surface area contributed by atoms with E-state index in [4.69, 9.17) is 38.0 Å². The van der Waals surface area contributed by atoms with Gasteiger partial charge < -0.3 is 9.64 Å². The van der Waals surface area contributed by atoms with Gasteiger partial charge in [0.1, 0.15) is 18.2 Å². The first-order valence-corrected chi connectivity index (χ1v) is 13.6. The minimum Gasteiger partial charge on any atom is -0.488 e. The van der Waals surface area contributed by atoms with Gasteiger partial charge in [0.15, 0.2) is 0 Å². The number of para-hydroxylation sites is 1. The van der Waals surface area contributed by atoms with Gasteiger partial charge in [0.25, 0.3) is 5.56 Å². The Morgan fingerprint density at radius 2 is 1.82 bits per heavy atom. The van der Waals surface area contributed by atoms with Crippen LogP contribution in [-0.2, 0) is 6.61 Å². The third kappa shape index (κ3) is 5.71. The number of halogens is 2. The Morgan fingerprint density at radius 1 is 1.03 bits per heavy atom. The minimum atomic E-state index is -0.157. The number of benzene rings is 3. The highest BCUT2D eigenvalue weighted by atomic mass is 35.5. The molecule has 0 aliphatic heterocycles. The molecule has 0 amide bonds. The Bertz CT molecular complexity index is 1540. The van der Waals surface area contributed by atoms with Gasteiger partial charge in [0, 0.05) is 37.3 Å². The molecule has 1 heterocycles. The van der Waals surface area contributed by atoms with Gasteiger partial charge in [-0.25, -0.2) is 4.98 Å². The summed E-state index contributed by atoms with van der Waals surface area (Å²) in [5.74, 6) is 1.58. The van der Waals surface area contributed by atoms with Crippen LogP contribution in [0.2, 0.25) is 10.0 Å². The molecule has 5 rings (SSSR count). The Kier molecular flexibility index (Phi) is 8.01. The highest BCUT2D eigenvalue weighted by Gasteiger charge is 2.22. The summed E-state index contributed by atoms with van der Waals surface area (Å²) in [6.45, 7) is 0.305. The zero-order valence-electron chi connectivity index (χ0n) is 21.5. The molecule has 3 aromatic carbocycles. The number of nitrogens with zero attached hydrogens (tertiary/aromatic N) is 4. The van der Waals surface area contributed by atoms with Crippen LogP contribution in [-0.4, -0.2) is 30.0 Å². The maximum absolute atomic E-state index is 13.6. The van der Waals surface area contributed by atoms with Gasteiger partial charge in [-0.2, -0.15) is 9.78 Å². The van der Waals surface area contributed by atoms with Crippen LogP contribution in [0.4, 0.5) is 5.69 Å². The van der Waals surface area contributed by atoms with Crippen LogP contribution in [0, 0.1) is 0 Å². The van der Waals surface area contributed by atoms with E-state index in [2.05, 4.69) is 0 Å². The molecule has 4 aromatic rings. The highest BCUT2D eigenvalue weighted by Crippen LogP contribution is 2.32. The van der Waals surface area contributed by atoms with E-state index in [0.29, 0.717) is 33.3 Å². The van der Waals surface area contributed by atoms with Gasteiger partial charge in [0.2, 0.25) is 0 Å². The summed E-state index contributed by atoms with van der Waals surface area (Å²) in [4.78, 5) is 20.5. The van der Waals surface area contributed by atoms with E-state index >= 15 is 0 Å². The molecule has 0 atom stereocenters. The standard InChI is InChI=1S/C30H30Cl2N4O2/c1-35(2)23-14-13-22(28(17-23)38-19-20-12-15-25(31)26(32)16-20)18-33-36-29(21-8-4-3-5-9-21)34-27-11-7-6-10-24(27)30(36)37/h6-7,10-18,21H,3-5,8-9,19H2,1-2H3. The van der Waals surface area contributed by atoms with Gasteiger partial charge >= 0.3 is 0 Å². The summed E-state index contributed by atoms with van der Waals surface area (Å²) in [6.07, 6.45) is 7.19. The van der Waals surface area contributed by atoms with Crippen LogP contribution >= 0.6 is 23.2 Å². The molecule has 38 heavy (non-hydrogen) atoms. The molecule has 0 bridgehead atoms. The lowest BCUT2D eigenvalue weighted by Crippen LogP contribution is -2.25. The van der Waals surface area contributed by atoms with Crippen molar-refractivity contribution < 1.29 is 4.74 Å². The average molecular weight is 550 g/mol. The SMILES string of the molecule is CN(C)c1ccc(C=Nn2c(C3CCCCC3)nc3ccccc3c2=O)c(OCc2ccc(Cl)c(Cl)c2)c1. The average Bonchev–Trinajstić information content (AvgIpc) is 2.93. The van der Waals surface area contributed by atoms with Crippen LogP contribution in [0.25, 0.3) is 10.9 Å². The van der Waals surface area contributed by atoms with E-state index in [9.17, 15) is 4.79 Å². The van der Waals surface area contributed by atoms with Crippen LogP contribution in [0.1, 0.15) is 55.0 Å². The molecule has 1 fully saturated rings. The van der Waals surface area contributed by atoms with E-state index in [0.717, 1.165) is 48.3 Å². The molecular formula is C30H30Cl2N4O2. The fourth-order valence-corrected chi connectivity index (χ4v) is 5.14. The van der Waals surface area contributed by atoms with Crippen molar-refractivity contribution in [1.82, 2.24) is 9.66 Å². The van der Waals surface area contributed by atoms with Crippen LogP contribution < -0.4 is 15.2 Å². The maximum Gasteiger partial charge on any atom is 0.282 e. The fourth-order valence-electron chi connectivity index (χ4n) is 4.82. The molecule has 1 saturated carbocycles. The zero-order valence-corrected chi connectivity index (χ0v) is 23.0. The summed E-state index contributed by atoms with van der Waals surface area (Å²) in [5, 5.41) is 6.24. The van der Waals surface area contributed by atoms with Crippen molar-refractivity contribution in [3.05, 3.63) is 98.0 Å². The molecule has 0 spiro atoms. The number of hydrogen-bond donors (Lipinski definition) is 0. The van der Waals surface area contributed by atoms with E-state index in [1.54, 1.807) is 24.4 Å². The van der Waals surface area contributed by atoms with Gasteiger partial charge in [-0.1, -0.05) is 60.7 Å². The molecule has 1 aliphatic rings. The number of rotatable bonds is 7. The predicted octanol–water partition coefficient (Wildman–Crippen LogP) is 7.28. The summed E-state index contributed by atoms with van der Waals surface area (Å²) in [6, 6.07) is 18.8. The van der Waals surface area contributed by atoms with Crippen molar-refractivity contribution in [2.45, 2.75) is 44.6 Å². The maximum atomic E-state index is 13.6. The van der Waals surface area contributed by atoms with Crippen LogP contribution in [0.3, 0.4) is 0 Å². The van der Waals surface area contributed by atoms with E-state index in [1.165, 1.54) is 11.1 Å². The lowest BCUT2D eigenvalue weighted by Gasteiger charge is -2.22. The number of aromatic nitrogens is 2. The summed E-state index contributed by atoms with van der Waals surface area (Å²) in [5.41, 5.74) is 3.19. The van der Waals surface area contributed by atoms with Gasteiger partial charge in [-0.05, 0) is 54.8 Å². The lowest BCUT2D eigenvalue weighted by molar-refractivity contribution is 0.306. The molecule has 0 radical (unpaired) electrons. The van der Waals surface area contributed by atoms with Crippen molar-refractivity contribution in [3.8, 4) is 5.75 Å². The fraction of sp³-hybridized carbons (Fsp3) is 0.300. The van der Waals surface area contributed by atoms with Gasteiger partial charge in [-0.15, -0.1) is 0 Å². The Balaban J connectivity index is 1.53. The lowest BCUT2D eigenvalue weighted by atomic mass is 9.88. The van der Waals surface area contributed by atoms with Gasteiger partial charge in [-0.3, -0.25) is 4.79 Å². The van der Waals surface area contributed by atoms with E-state index < -0.39 is 0 Å². The normalized spacial score (nSPS) is 14.3. The number of hydrogen-bond acceptors (Lipinski definition) is 5. The second-order valence-electron chi connectivity index (χ2n) is 9.84. The van der Waals surface area contributed by atoms with E-state index in [-0.39, 0.29) is 11.5 Å². The summed E-state index contributed by atoms with van der Waals surface area (Å²) >= 11 is 12.3. The van der Waals surface area contributed by atoms with Crippen molar-refractivity contribution >= 4 is 46.0 Å². The number of anilines is 1. The molecular weight excluding hydrogens is 519 g/mol. The highest BCUT2D eigenvalue weighted by molar-refractivity contribution is 6.42. The predicted molar refractivity (Wildman–Crippen MR) is 156 cm³/mol.